The molecule has 6 nitrogen and oxygen atoms in total. The van der Waals surface area contributed by atoms with Crippen molar-refractivity contribution in [2.45, 2.75) is 25.0 Å². The maximum absolute atomic E-state index is 12.1. The summed E-state index contributed by atoms with van der Waals surface area (Å²) in [6.07, 6.45) is 5.08. The maximum atomic E-state index is 12.1. The average molecular weight is 360 g/mol. The van der Waals surface area contributed by atoms with E-state index in [2.05, 4.69) is 15.3 Å². The number of anilines is 1. The monoisotopic (exact) mass is 360 g/mol. The minimum Gasteiger partial charge on any atom is -0.491 e. The Kier molecular flexibility index (Phi) is 6.35. The lowest BCUT2D eigenvalue weighted by molar-refractivity contribution is 0.0256. The molecule has 1 aromatic heterocycles. The first-order valence-corrected chi connectivity index (χ1v) is 8.91. The van der Waals surface area contributed by atoms with Crippen molar-refractivity contribution < 1.29 is 14.2 Å². The second-order valence-corrected chi connectivity index (χ2v) is 6.58. The molecule has 0 spiro atoms. The number of nitrogens with one attached hydrogen (secondary N) is 1. The first-order chi connectivity index (χ1) is 12.7. The lowest BCUT2D eigenvalue weighted by Crippen LogP contribution is -2.53. The van der Waals surface area contributed by atoms with Gasteiger partial charge in [0.25, 0.3) is 0 Å². The smallest absolute Gasteiger partial charge is 0.225 e. The summed E-state index contributed by atoms with van der Waals surface area (Å²) in [6.45, 7) is 2.09. The van der Waals surface area contributed by atoms with Gasteiger partial charge in [0, 0.05) is 32.0 Å². The summed E-state index contributed by atoms with van der Waals surface area (Å²) >= 11 is 0. The van der Waals surface area contributed by atoms with Crippen molar-refractivity contribution in [2.75, 3.05) is 37.8 Å². The zero-order valence-electron chi connectivity index (χ0n) is 14.8. The Morgan fingerprint density at radius 2 is 2.00 bits per heavy atom. The molecule has 1 fully saturated rings. The van der Waals surface area contributed by atoms with Gasteiger partial charge in [0.1, 0.15) is 19.0 Å². The number of benzene rings is 1. The van der Waals surface area contributed by atoms with Gasteiger partial charge < -0.3 is 20.1 Å². The zero-order valence-corrected chi connectivity index (χ0v) is 14.8. The number of hydrogen-bond donors (Lipinski definition) is 2. The summed E-state index contributed by atoms with van der Waals surface area (Å²) < 4.78 is 17.3. The van der Waals surface area contributed by atoms with Crippen molar-refractivity contribution in [1.29, 1.82) is 0 Å². The number of β-amino-alcohol motifs (C(OH)–C–C–N with tert-alkyl or cyclic N) is 1. The number of hydrogen-bond acceptors (Lipinski definition) is 6. The highest BCUT2D eigenvalue weighted by atomic mass is 19.1. The predicted molar refractivity (Wildman–Crippen MR) is 98.0 cm³/mol. The van der Waals surface area contributed by atoms with Crippen LogP contribution in [0.25, 0.3) is 0 Å². The van der Waals surface area contributed by atoms with Gasteiger partial charge in [0.15, 0.2) is 0 Å². The van der Waals surface area contributed by atoms with E-state index in [1.165, 1.54) is 0 Å². The van der Waals surface area contributed by atoms with E-state index in [1.54, 1.807) is 18.5 Å². The van der Waals surface area contributed by atoms with Crippen LogP contribution < -0.4 is 15.0 Å². The van der Waals surface area contributed by atoms with Gasteiger partial charge >= 0.3 is 0 Å². The molecule has 1 aliphatic heterocycles. The average Bonchev–Trinajstić information content (AvgIpc) is 2.68. The van der Waals surface area contributed by atoms with Gasteiger partial charge in [0.05, 0.1) is 12.1 Å². The topological polar surface area (TPSA) is 70.5 Å². The maximum Gasteiger partial charge on any atom is 0.225 e. The quantitative estimate of drug-likeness (QED) is 0.750. The van der Waals surface area contributed by atoms with E-state index in [0.29, 0.717) is 31.3 Å². The standard InChI is InChI=1S/C19H25FN4O2/c20-8-12-26-17-5-3-16(4-6-17)13-21-14-19(25)7-1-11-24(15-19)18-22-9-2-10-23-18/h2-6,9-10,21,25H,1,7-8,11-15H2. The van der Waals surface area contributed by atoms with E-state index in [9.17, 15) is 9.50 Å². The molecule has 1 aliphatic rings. The Hall–Kier alpha value is -2.25. The van der Waals surface area contributed by atoms with Crippen LogP contribution in [-0.4, -0.2) is 53.6 Å². The molecule has 7 heteroatoms. The van der Waals surface area contributed by atoms with Gasteiger partial charge in [-0.3, -0.25) is 0 Å². The Morgan fingerprint density at radius 3 is 2.73 bits per heavy atom. The van der Waals surface area contributed by atoms with E-state index >= 15 is 0 Å². The van der Waals surface area contributed by atoms with Gasteiger partial charge in [-0.1, -0.05) is 12.1 Å². The Bertz CT molecular complexity index is 671. The molecule has 2 N–H and O–H groups in total. The molecule has 0 saturated carbocycles. The lowest BCUT2D eigenvalue weighted by Gasteiger charge is -2.39. The molecule has 0 amide bonds. The third kappa shape index (κ3) is 5.12. The van der Waals surface area contributed by atoms with Crippen molar-refractivity contribution in [3.63, 3.8) is 0 Å². The first kappa shape index (κ1) is 18.5. The Balaban J connectivity index is 1.49. The first-order valence-electron chi connectivity index (χ1n) is 8.91. The molecule has 0 bridgehead atoms. The Labute approximate surface area is 153 Å². The molecular weight excluding hydrogens is 335 g/mol. The fraction of sp³-hybridized carbons (Fsp3) is 0.474. The molecular formula is C19H25FN4O2. The van der Waals surface area contributed by atoms with Crippen LogP contribution in [0.15, 0.2) is 42.7 Å². The number of piperidine rings is 1. The van der Waals surface area contributed by atoms with Crippen molar-refractivity contribution in [2.24, 2.45) is 0 Å². The van der Waals surface area contributed by atoms with Gasteiger partial charge in [-0.25, -0.2) is 14.4 Å². The minimum absolute atomic E-state index is 0.0757. The number of aliphatic hydroxyl groups is 1. The third-order valence-corrected chi connectivity index (χ3v) is 4.44. The molecule has 1 unspecified atom stereocenters. The lowest BCUT2D eigenvalue weighted by atomic mass is 9.93. The van der Waals surface area contributed by atoms with Crippen molar-refractivity contribution in [3.8, 4) is 5.75 Å². The van der Waals surface area contributed by atoms with Crippen LogP contribution >= 0.6 is 0 Å². The number of rotatable bonds is 8. The van der Waals surface area contributed by atoms with Gasteiger partial charge in [-0.15, -0.1) is 0 Å². The molecule has 140 valence electrons. The van der Waals surface area contributed by atoms with E-state index < -0.39 is 12.3 Å². The highest BCUT2D eigenvalue weighted by Gasteiger charge is 2.33. The summed E-state index contributed by atoms with van der Waals surface area (Å²) in [5.41, 5.74) is 0.280. The van der Waals surface area contributed by atoms with Crippen molar-refractivity contribution >= 4 is 5.95 Å². The van der Waals surface area contributed by atoms with Crippen LogP contribution in [0, 0.1) is 0 Å². The van der Waals surface area contributed by atoms with E-state index in [-0.39, 0.29) is 6.61 Å². The third-order valence-electron chi connectivity index (χ3n) is 4.44. The molecule has 1 aromatic carbocycles. The molecule has 1 saturated heterocycles. The number of halogens is 1. The summed E-state index contributed by atoms with van der Waals surface area (Å²) in [5, 5.41) is 14.2. The van der Waals surface area contributed by atoms with E-state index in [4.69, 9.17) is 4.74 Å². The molecule has 0 aliphatic carbocycles. The predicted octanol–water partition coefficient (Wildman–Crippen LogP) is 1.95. The number of aromatic nitrogens is 2. The van der Waals surface area contributed by atoms with Crippen molar-refractivity contribution in [1.82, 2.24) is 15.3 Å². The van der Waals surface area contributed by atoms with Crippen LogP contribution in [-0.2, 0) is 6.54 Å². The fourth-order valence-electron chi connectivity index (χ4n) is 3.18. The largest absolute Gasteiger partial charge is 0.491 e. The molecule has 1 atom stereocenters. The number of nitrogens with zero attached hydrogens (tertiary/aromatic N) is 3. The van der Waals surface area contributed by atoms with E-state index in [0.717, 1.165) is 24.9 Å². The molecule has 3 rings (SSSR count). The van der Waals surface area contributed by atoms with Crippen LogP contribution in [0.4, 0.5) is 10.3 Å². The van der Waals surface area contributed by atoms with Crippen LogP contribution in [0.5, 0.6) is 5.75 Å². The normalized spacial score (nSPS) is 20.2. The summed E-state index contributed by atoms with van der Waals surface area (Å²) in [6, 6.07) is 9.33. The fourth-order valence-corrected chi connectivity index (χ4v) is 3.18. The van der Waals surface area contributed by atoms with Gasteiger partial charge in [-0.2, -0.15) is 0 Å². The van der Waals surface area contributed by atoms with E-state index in [1.807, 2.05) is 29.2 Å². The molecule has 2 aromatic rings. The number of alkyl halides is 1. The van der Waals surface area contributed by atoms with Crippen LogP contribution in [0.1, 0.15) is 18.4 Å². The highest BCUT2D eigenvalue weighted by molar-refractivity contribution is 5.31. The zero-order chi connectivity index (χ0) is 18.2. The summed E-state index contributed by atoms with van der Waals surface area (Å²) in [5.74, 6) is 1.32. The second kappa shape index (κ2) is 8.91. The van der Waals surface area contributed by atoms with Crippen molar-refractivity contribution in [3.05, 3.63) is 48.3 Å². The highest BCUT2D eigenvalue weighted by Crippen LogP contribution is 2.23. The van der Waals surface area contributed by atoms with Gasteiger partial charge in [0.2, 0.25) is 5.95 Å². The molecule has 2 heterocycles. The SMILES string of the molecule is OC1(CNCc2ccc(OCCF)cc2)CCCN(c2ncccn2)C1. The molecule has 0 radical (unpaired) electrons. The Morgan fingerprint density at radius 1 is 1.23 bits per heavy atom. The second-order valence-electron chi connectivity index (χ2n) is 6.58. The van der Waals surface area contributed by atoms with Crippen LogP contribution in [0.3, 0.4) is 0 Å². The summed E-state index contributed by atoms with van der Waals surface area (Å²) in [7, 11) is 0. The number of ether oxygens (including phenoxy) is 1. The molecule has 26 heavy (non-hydrogen) atoms. The summed E-state index contributed by atoms with van der Waals surface area (Å²) in [4.78, 5) is 10.6. The minimum atomic E-state index is -0.804. The van der Waals surface area contributed by atoms with Gasteiger partial charge in [-0.05, 0) is 36.6 Å². The van der Waals surface area contributed by atoms with Crippen LogP contribution in [0.2, 0.25) is 0 Å².